The van der Waals surface area contributed by atoms with E-state index >= 15 is 0 Å². The van der Waals surface area contributed by atoms with E-state index < -0.39 is 14.4 Å². The van der Waals surface area contributed by atoms with E-state index in [2.05, 4.69) is 6.92 Å². The summed E-state index contributed by atoms with van der Waals surface area (Å²) in [5.41, 5.74) is 0. The SMILES string of the molecule is CCCCCCCCCCCCCCCCOCC(=O)COP(=O)(O)OCC[N+](C)(C)C. The van der Waals surface area contributed by atoms with E-state index in [1.54, 1.807) is 0 Å². The molecule has 0 aliphatic rings. The van der Waals surface area contributed by atoms with Crippen molar-refractivity contribution >= 4 is 13.6 Å². The van der Waals surface area contributed by atoms with Gasteiger partial charge in [-0.3, -0.25) is 13.8 Å². The highest BCUT2D eigenvalue weighted by molar-refractivity contribution is 7.47. The number of Topliss-reactive ketones (excluding diaryl/α,β-unsaturated/α-hetero) is 1. The molecule has 0 fully saturated rings. The maximum absolute atomic E-state index is 11.7. The maximum Gasteiger partial charge on any atom is 0.472 e. The molecule has 0 spiro atoms. The molecular weight excluding hydrogens is 429 g/mol. The molecule has 0 saturated heterocycles. The number of unbranched alkanes of at least 4 members (excludes halogenated alkanes) is 13. The van der Waals surface area contributed by atoms with Gasteiger partial charge in [-0.15, -0.1) is 0 Å². The van der Waals surface area contributed by atoms with Gasteiger partial charge in [0, 0.05) is 6.61 Å². The molecule has 0 rings (SSSR count). The summed E-state index contributed by atoms with van der Waals surface area (Å²) in [6.45, 7) is 2.86. The highest BCUT2D eigenvalue weighted by atomic mass is 31.2. The van der Waals surface area contributed by atoms with Gasteiger partial charge in [0.1, 0.15) is 26.4 Å². The van der Waals surface area contributed by atoms with Crippen LogP contribution in [-0.4, -0.2) is 69.3 Å². The zero-order valence-electron chi connectivity index (χ0n) is 21.3. The van der Waals surface area contributed by atoms with Crippen molar-refractivity contribution in [1.29, 1.82) is 0 Å². The molecular formula is C24H51NO6P+. The van der Waals surface area contributed by atoms with Gasteiger partial charge < -0.3 is 14.1 Å². The molecule has 192 valence electrons. The summed E-state index contributed by atoms with van der Waals surface area (Å²) in [6.07, 6.45) is 18.2. The van der Waals surface area contributed by atoms with Gasteiger partial charge in [0.2, 0.25) is 0 Å². The Morgan fingerprint density at radius 2 is 1.19 bits per heavy atom. The maximum atomic E-state index is 11.7. The van der Waals surface area contributed by atoms with Crippen molar-refractivity contribution in [3.8, 4) is 0 Å². The number of phosphoric acid groups is 1. The average molecular weight is 481 g/mol. The Hall–Kier alpha value is -0.300. The van der Waals surface area contributed by atoms with Gasteiger partial charge in [-0.05, 0) is 6.42 Å². The summed E-state index contributed by atoms with van der Waals surface area (Å²) in [6, 6.07) is 0. The van der Waals surface area contributed by atoms with Crippen molar-refractivity contribution in [2.45, 2.75) is 96.8 Å². The first kappa shape index (κ1) is 31.7. The first-order valence-corrected chi connectivity index (χ1v) is 14.2. The van der Waals surface area contributed by atoms with Gasteiger partial charge in [0.25, 0.3) is 0 Å². The van der Waals surface area contributed by atoms with Crippen LogP contribution in [0, 0.1) is 0 Å². The Bertz CT molecular complexity index is 495. The zero-order chi connectivity index (χ0) is 24.1. The molecule has 0 radical (unpaired) electrons. The number of rotatable bonds is 24. The molecule has 32 heavy (non-hydrogen) atoms. The molecule has 0 saturated carbocycles. The first-order chi connectivity index (χ1) is 15.2. The average Bonchev–Trinajstić information content (AvgIpc) is 2.71. The lowest BCUT2D eigenvalue weighted by Crippen LogP contribution is -2.37. The number of quaternary nitrogens is 1. The topological polar surface area (TPSA) is 82.1 Å². The Balaban J connectivity index is 3.41. The van der Waals surface area contributed by atoms with Crippen molar-refractivity contribution in [3.63, 3.8) is 0 Å². The van der Waals surface area contributed by atoms with Crippen molar-refractivity contribution in [2.75, 3.05) is 54.1 Å². The van der Waals surface area contributed by atoms with Gasteiger partial charge in [-0.25, -0.2) is 4.57 Å². The smallest absolute Gasteiger partial charge is 0.374 e. The molecule has 1 atom stereocenters. The summed E-state index contributed by atoms with van der Waals surface area (Å²) in [5.74, 6) is -0.361. The minimum atomic E-state index is -4.19. The number of carbonyl (C=O) groups is 1. The lowest BCUT2D eigenvalue weighted by Gasteiger charge is -2.23. The van der Waals surface area contributed by atoms with E-state index in [4.69, 9.17) is 13.8 Å². The van der Waals surface area contributed by atoms with E-state index in [0.717, 1.165) is 12.8 Å². The molecule has 0 amide bonds. The van der Waals surface area contributed by atoms with E-state index in [-0.39, 0.29) is 19.0 Å². The summed E-state index contributed by atoms with van der Waals surface area (Å²) in [5, 5.41) is 0. The molecule has 7 nitrogen and oxygen atoms in total. The number of phosphoric ester groups is 1. The third kappa shape index (κ3) is 24.3. The summed E-state index contributed by atoms with van der Waals surface area (Å²) < 4.78 is 27.3. The third-order valence-corrected chi connectivity index (χ3v) is 6.27. The number of hydrogen-bond acceptors (Lipinski definition) is 5. The number of likely N-dealkylation sites (N-methyl/N-ethyl adjacent to an activating group) is 1. The van der Waals surface area contributed by atoms with E-state index in [9.17, 15) is 14.3 Å². The molecule has 0 aromatic rings. The van der Waals surface area contributed by atoms with Gasteiger partial charge in [-0.1, -0.05) is 90.4 Å². The fourth-order valence-electron chi connectivity index (χ4n) is 3.25. The normalized spacial score (nSPS) is 13.9. The molecule has 0 aromatic heterocycles. The van der Waals surface area contributed by atoms with Crippen molar-refractivity contribution in [1.82, 2.24) is 0 Å². The van der Waals surface area contributed by atoms with Crippen molar-refractivity contribution in [2.24, 2.45) is 0 Å². The van der Waals surface area contributed by atoms with Crippen LogP contribution in [0.1, 0.15) is 96.8 Å². The van der Waals surface area contributed by atoms with Crippen LogP contribution >= 0.6 is 7.82 Å². The fourth-order valence-corrected chi connectivity index (χ4v) is 3.94. The highest BCUT2D eigenvalue weighted by Gasteiger charge is 2.23. The first-order valence-electron chi connectivity index (χ1n) is 12.7. The quantitative estimate of drug-likeness (QED) is 0.105. The van der Waals surface area contributed by atoms with Crippen LogP contribution in [0.2, 0.25) is 0 Å². The van der Waals surface area contributed by atoms with Crippen LogP contribution in [0.5, 0.6) is 0 Å². The Kier molecular flexibility index (Phi) is 19.9. The fraction of sp³-hybridized carbons (Fsp3) is 0.958. The van der Waals surface area contributed by atoms with E-state index in [0.29, 0.717) is 17.6 Å². The van der Waals surface area contributed by atoms with Gasteiger partial charge in [0.05, 0.1) is 21.1 Å². The zero-order valence-corrected chi connectivity index (χ0v) is 22.2. The predicted molar refractivity (Wildman–Crippen MR) is 131 cm³/mol. The third-order valence-electron chi connectivity index (χ3n) is 5.31. The number of ether oxygens (including phenoxy) is 1. The van der Waals surface area contributed by atoms with Crippen LogP contribution < -0.4 is 0 Å². The van der Waals surface area contributed by atoms with Gasteiger partial charge in [-0.2, -0.15) is 0 Å². The molecule has 0 bridgehead atoms. The highest BCUT2D eigenvalue weighted by Crippen LogP contribution is 2.42. The van der Waals surface area contributed by atoms with Crippen LogP contribution in [0.25, 0.3) is 0 Å². The minimum absolute atomic E-state index is 0.0844. The monoisotopic (exact) mass is 480 g/mol. The van der Waals surface area contributed by atoms with Crippen LogP contribution in [0.4, 0.5) is 0 Å². The number of carbonyl (C=O) groups excluding carboxylic acids is 1. The molecule has 0 heterocycles. The number of hydrogen-bond donors (Lipinski definition) is 1. The van der Waals surface area contributed by atoms with E-state index in [1.807, 2.05) is 21.1 Å². The summed E-state index contributed by atoms with van der Waals surface area (Å²) >= 11 is 0. The lowest BCUT2D eigenvalue weighted by atomic mass is 10.0. The number of nitrogens with zero attached hydrogens (tertiary/aromatic N) is 1. The summed E-state index contributed by atoms with van der Waals surface area (Å²) in [7, 11) is 1.65. The second-order valence-corrected chi connectivity index (χ2v) is 11.2. The molecule has 1 N–H and O–H groups in total. The van der Waals surface area contributed by atoms with Crippen LogP contribution in [0.3, 0.4) is 0 Å². The second kappa shape index (κ2) is 20.1. The molecule has 0 aliphatic heterocycles. The van der Waals surface area contributed by atoms with Crippen LogP contribution in [-0.2, 0) is 23.1 Å². The predicted octanol–water partition coefficient (Wildman–Crippen LogP) is 5.89. The largest absolute Gasteiger partial charge is 0.472 e. The van der Waals surface area contributed by atoms with E-state index in [1.165, 1.54) is 77.0 Å². The number of ketones is 1. The molecule has 0 aliphatic carbocycles. The molecule has 8 heteroatoms. The second-order valence-electron chi connectivity index (χ2n) is 9.78. The Morgan fingerprint density at radius 1 is 0.719 bits per heavy atom. The Labute approximate surface area is 197 Å². The Morgan fingerprint density at radius 3 is 1.66 bits per heavy atom. The van der Waals surface area contributed by atoms with Crippen molar-refractivity contribution < 1.29 is 32.5 Å². The van der Waals surface area contributed by atoms with Gasteiger partial charge in [0.15, 0.2) is 5.78 Å². The molecule has 1 unspecified atom stereocenters. The van der Waals surface area contributed by atoms with Crippen molar-refractivity contribution in [3.05, 3.63) is 0 Å². The lowest BCUT2D eigenvalue weighted by molar-refractivity contribution is -0.870. The standard InChI is InChI=1S/C24H50NO6P/c1-5-6-7-8-9-10-11-12-13-14-15-16-17-18-20-29-22-24(26)23-31-32(27,28)30-21-19-25(2,3)4/h5-23H2,1-4H3/p+1. The van der Waals surface area contributed by atoms with Crippen LogP contribution in [0.15, 0.2) is 0 Å². The molecule has 0 aromatic carbocycles. The minimum Gasteiger partial charge on any atom is -0.374 e. The summed E-state index contributed by atoms with van der Waals surface area (Å²) in [4.78, 5) is 21.3. The van der Waals surface area contributed by atoms with Gasteiger partial charge >= 0.3 is 7.82 Å².